The Morgan fingerprint density at radius 3 is 2.92 bits per heavy atom. The van der Waals surface area contributed by atoms with Crippen LogP contribution in [-0.4, -0.2) is 15.0 Å². The first-order valence-corrected chi connectivity index (χ1v) is 3.39. The fourth-order valence-electron chi connectivity index (χ4n) is 1.01. The molecule has 0 amide bonds. The van der Waals surface area contributed by atoms with Crippen molar-refractivity contribution >= 4 is 11.2 Å². The molecule has 0 atom stereocenters. The van der Waals surface area contributed by atoms with E-state index in [0.29, 0.717) is 4.73 Å². The molecular formula is C6H4N4O3. The second-order valence-electron chi connectivity index (χ2n) is 2.36. The quantitative estimate of drug-likeness (QED) is 0.370. The maximum atomic E-state index is 11.1. The summed E-state index contributed by atoms with van der Waals surface area (Å²) in [5.74, 6) is 0. The largest absolute Gasteiger partial charge is 0.618 e. The summed E-state index contributed by atoms with van der Waals surface area (Å²) in [6.45, 7) is 0. The monoisotopic (exact) mass is 180 g/mol. The molecule has 13 heavy (non-hydrogen) atoms. The van der Waals surface area contributed by atoms with Crippen LogP contribution in [0.25, 0.3) is 11.2 Å². The Bertz CT molecular complexity index is 570. The predicted molar refractivity (Wildman–Crippen MR) is 41.9 cm³/mol. The van der Waals surface area contributed by atoms with Crippen LogP contribution in [0.15, 0.2) is 22.0 Å². The van der Waals surface area contributed by atoms with Gasteiger partial charge >= 0.3 is 16.8 Å². The number of hydrogen-bond donors (Lipinski definition) is 2. The second kappa shape index (κ2) is 2.41. The van der Waals surface area contributed by atoms with Crippen LogP contribution in [0.4, 0.5) is 0 Å². The van der Waals surface area contributed by atoms with Crippen molar-refractivity contribution in [1.82, 2.24) is 15.0 Å². The Morgan fingerprint density at radius 1 is 1.38 bits per heavy atom. The van der Waals surface area contributed by atoms with Crippen molar-refractivity contribution in [2.75, 3.05) is 0 Å². The van der Waals surface area contributed by atoms with Crippen LogP contribution < -0.4 is 16.0 Å². The number of rotatable bonds is 0. The Labute approximate surface area is 70.3 Å². The summed E-state index contributed by atoms with van der Waals surface area (Å²) >= 11 is 0. The highest BCUT2D eigenvalue weighted by Gasteiger charge is 2.09. The number of aromatic amines is 2. The smallest absolute Gasteiger partial charge is 0.329 e. The molecule has 2 N–H and O–H groups in total. The third-order valence-corrected chi connectivity index (χ3v) is 1.52. The standard InChI is InChI=1S/C6H4N4O3/c11-5-3-4(8-6(12)9-5)7-1-2-10(3)13/h1-2H,(H2,7,8,9,11,12). The van der Waals surface area contributed by atoms with E-state index >= 15 is 0 Å². The lowest BCUT2D eigenvalue weighted by atomic mass is 10.5. The molecule has 0 aromatic carbocycles. The highest BCUT2D eigenvalue weighted by atomic mass is 16.5. The molecule has 0 aliphatic heterocycles. The normalized spacial score (nSPS) is 10.5. The molecule has 7 nitrogen and oxygen atoms in total. The zero-order valence-electron chi connectivity index (χ0n) is 6.27. The fourth-order valence-corrected chi connectivity index (χ4v) is 1.01. The molecule has 2 heterocycles. The van der Waals surface area contributed by atoms with Crippen LogP contribution in [-0.2, 0) is 0 Å². The lowest BCUT2D eigenvalue weighted by Crippen LogP contribution is -2.36. The van der Waals surface area contributed by atoms with E-state index < -0.39 is 11.2 Å². The van der Waals surface area contributed by atoms with Crippen molar-refractivity contribution in [3.63, 3.8) is 0 Å². The summed E-state index contributed by atoms with van der Waals surface area (Å²) in [6, 6.07) is 0. The molecular weight excluding hydrogens is 176 g/mol. The van der Waals surface area contributed by atoms with E-state index in [4.69, 9.17) is 0 Å². The van der Waals surface area contributed by atoms with E-state index in [1.165, 1.54) is 6.20 Å². The number of aromatic nitrogens is 4. The van der Waals surface area contributed by atoms with E-state index in [-0.39, 0.29) is 11.2 Å². The highest BCUT2D eigenvalue weighted by molar-refractivity contribution is 5.62. The average molecular weight is 180 g/mol. The van der Waals surface area contributed by atoms with Crippen molar-refractivity contribution in [2.24, 2.45) is 0 Å². The third-order valence-electron chi connectivity index (χ3n) is 1.52. The van der Waals surface area contributed by atoms with Gasteiger partial charge in [-0.05, 0) is 0 Å². The van der Waals surface area contributed by atoms with Crippen molar-refractivity contribution in [3.8, 4) is 0 Å². The van der Waals surface area contributed by atoms with Gasteiger partial charge in [0, 0.05) is 0 Å². The highest BCUT2D eigenvalue weighted by Crippen LogP contribution is 1.89. The fraction of sp³-hybridized carbons (Fsp3) is 0. The summed E-state index contributed by atoms with van der Waals surface area (Å²) in [5.41, 5.74) is -1.66. The zero-order chi connectivity index (χ0) is 9.42. The van der Waals surface area contributed by atoms with Crippen molar-refractivity contribution in [3.05, 3.63) is 38.4 Å². The minimum Gasteiger partial charge on any atom is -0.618 e. The molecule has 0 spiro atoms. The topological polar surface area (TPSA) is 106 Å². The van der Waals surface area contributed by atoms with Crippen LogP contribution in [0, 0.1) is 5.21 Å². The van der Waals surface area contributed by atoms with Gasteiger partial charge in [-0.15, -0.1) is 0 Å². The van der Waals surface area contributed by atoms with Crippen LogP contribution in [0.2, 0.25) is 0 Å². The minimum absolute atomic E-state index is 0.0220. The van der Waals surface area contributed by atoms with Crippen LogP contribution in [0.5, 0.6) is 0 Å². The van der Waals surface area contributed by atoms with E-state index in [0.717, 1.165) is 6.20 Å². The first-order valence-electron chi connectivity index (χ1n) is 3.39. The van der Waals surface area contributed by atoms with Gasteiger partial charge in [-0.25, -0.2) is 9.78 Å². The molecule has 0 saturated heterocycles. The van der Waals surface area contributed by atoms with Gasteiger partial charge in [0.2, 0.25) is 5.65 Å². The molecule has 2 rings (SSSR count). The maximum absolute atomic E-state index is 11.1. The van der Waals surface area contributed by atoms with Crippen molar-refractivity contribution in [1.29, 1.82) is 0 Å². The van der Waals surface area contributed by atoms with Crippen LogP contribution >= 0.6 is 0 Å². The van der Waals surface area contributed by atoms with E-state index in [1.807, 2.05) is 4.98 Å². The van der Waals surface area contributed by atoms with E-state index in [2.05, 4.69) is 9.97 Å². The minimum atomic E-state index is -0.748. The number of H-pyrrole nitrogens is 2. The summed E-state index contributed by atoms with van der Waals surface area (Å²) in [7, 11) is 0. The molecule has 0 aliphatic carbocycles. The van der Waals surface area contributed by atoms with Gasteiger partial charge in [0.05, 0.1) is 6.20 Å². The lowest BCUT2D eigenvalue weighted by Gasteiger charge is -1.96. The van der Waals surface area contributed by atoms with Crippen LogP contribution in [0.3, 0.4) is 0 Å². The third kappa shape index (κ3) is 1.06. The van der Waals surface area contributed by atoms with Gasteiger partial charge in [0.1, 0.15) is 0 Å². The Hall–Kier alpha value is -2.18. The average Bonchev–Trinajstić information content (AvgIpc) is 2.02. The van der Waals surface area contributed by atoms with Gasteiger partial charge in [0.25, 0.3) is 0 Å². The molecule has 0 bridgehead atoms. The van der Waals surface area contributed by atoms with Crippen molar-refractivity contribution < 1.29 is 4.73 Å². The molecule has 66 valence electrons. The van der Waals surface area contributed by atoms with Gasteiger partial charge in [-0.3, -0.25) is 14.8 Å². The van der Waals surface area contributed by atoms with Gasteiger partial charge in [0.15, 0.2) is 6.20 Å². The van der Waals surface area contributed by atoms with Crippen LogP contribution in [0.1, 0.15) is 0 Å². The maximum Gasteiger partial charge on any atom is 0.329 e. The lowest BCUT2D eigenvalue weighted by molar-refractivity contribution is -0.578. The summed E-state index contributed by atoms with van der Waals surface area (Å²) < 4.78 is 0.344. The van der Waals surface area contributed by atoms with Gasteiger partial charge < -0.3 is 5.21 Å². The SMILES string of the molecule is O=c1[nH]c(=O)c2c(ncc[n+]2[O-])[nH]1. The summed E-state index contributed by atoms with van der Waals surface area (Å²) in [4.78, 5) is 29.7. The number of nitrogens with zero attached hydrogens (tertiary/aromatic N) is 2. The van der Waals surface area contributed by atoms with Crippen molar-refractivity contribution in [2.45, 2.75) is 0 Å². The Balaban J connectivity index is 3.12. The van der Waals surface area contributed by atoms with Gasteiger partial charge in [-0.2, -0.15) is 4.73 Å². The molecule has 0 unspecified atom stereocenters. The second-order valence-corrected chi connectivity index (χ2v) is 2.36. The molecule has 0 aliphatic rings. The first kappa shape index (κ1) is 7.47. The van der Waals surface area contributed by atoms with E-state index in [1.54, 1.807) is 0 Å². The molecule has 0 radical (unpaired) electrons. The van der Waals surface area contributed by atoms with Gasteiger partial charge in [-0.1, -0.05) is 0 Å². The molecule has 7 heteroatoms. The Morgan fingerprint density at radius 2 is 2.15 bits per heavy atom. The molecule has 0 saturated carbocycles. The number of hydrogen-bond acceptors (Lipinski definition) is 4. The predicted octanol–water partition coefficient (Wildman–Crippen LogP) is -1.76. The summed E-state index contributed by atoms with van der Waals surface area (Å²) in [5, 5.41) is 11.0. The number of fused-ring (bicyclic) bond motifs is 1. The summed E-state index contributed by atoms with van der Waals surface area (Å²) in [6.07, 6.45) is 2.28. The Kier molecular flexibility index (Phi) is 1.38. The first-order chi connectivity index (χ1) is 6.18. The molecule has 2 aromatic rings. The zero-order valence-corrected chi connectivity index (χ0v) is 6.27. The van der Waals surface area contributed by atoms with E-state index in [9.17, 15) is 14.8 Å². The molecule has 2 aromatic heterocycles. The number of nitrogens with one attached hydrogen (secondary N) is 2. The molecule has 0 fully saturated rings.